The quantitative estimate of drug-likeness (QED) is 0.0346. The van der Waals surface area contributed by atoms with Gasteiger partial charge < -0.3 is 14.2 Å². The van der Waals surface area contributed by atoms with Gasteiger partial charge in [0.1, 0.15) is 6.61 Å². The van der Waals surface area contributed by atoms with Crippen LogP contribution in [-0.2, 0) is 23.8 Å². The van der Waals surface area contributed by atoms with Crippen molar-refractivity contribution < 1.29 is 23.8 Å². The summed E-state index contributed by atoms with van der Waals surface area (Å²) in [5, 5.41) is 0. The molecule has 0 aromatic rings. The van der Waals surface area contributed by atoms with Gasteiger partial charge in [-0.1, -0.05) is 219 Å². The van der Waals surface area contributed by atoms with Gasteiger partial charge in [0.15, 0.2) is 6.10 Å². The molecule has 0 N–H and O–H groups in total. The van der Waals surface area contributed by atoms with Crippen molar-refractivity contribution in [3.05, 3.63) is 122 Å². The number of hydrogen-bond donors (Lipinski definition) is 0. The SMILES string of the molecule is CC/C=C\C/C=C\C/C=C\C/C=C\C/C=C\CCCCOCC(COC(=O)CCC/C=C\C/C=C\C/C=C\C/C=C\C/C=C\CC)OC(=O)CCCCCCCCCCCCCCC. The van der Waals surface area contributed by atoms with E-state index >= 15 is 0 Å². The van der Waals surface area contributed by atoms with Gasteiger partial charge in [-0.15, -0.1) is 0 Å². The van der Waals surface area contributed by atoms with Crippen molar-refractivity contribution in [2.24, 2.45) is 0 Å². The van der Waals surface area contributed by atoms with Crippen molar-refractivity contribution in [1.82, 2.24) is 0 Å². The van der Waals surface area contributed by atoms with Crippen molar-refractivity contribution in [1.29, 1.82) is 0 Å². The third kappa shape index (κ3) is 50.9. The molecule has 0 heterocycles. The number of unbranched alkanes of at least 4 members (excludes halogenated alkanes) is 15. The summed E-state index contributed by atoms with van der Waals surface area (Å²) in [5.74, 6) is -0.494. The molecule has 64 heavy (non-hydrogen) atoms. The molecule has 1 unspecified atom stereocenters. The van der Waals surface area contributed by atoms with Crippen molar-refractivity contribution in [2.75, 3.05) is 19.8 Å². The van der Waals surface area contributed by atoms with Crippen LogP contribution < -0.4 is 0 Å². The molecule has 0 saturated heterocycles. The Kier molecular flexibility index (Phi) is 50.5. The molecule has 0 aliphatic carbocycles. The summed E-state index contributed by atoms with van der Waals surface area (Å²) in [4.78, 5) is 25.4. The molecule has 0 aliphatic heterocycles. The highest BCUT2D eigenvalue weighted by Gasteiger charge is 2.17. The lowest BCUT2D eigenvalue weighted by molar-refractivity contribution is -0.163. The summed E-state index contributed by atoms with van der Waals surface area (Å²) in [5.41, 5.74) is 0. The number of rotatable bonds is 46. The summed E-state index contributed by atoms with van der Waals surface area (Å²) in [6.45, 7) is 7.43. The predicted molar refractivity (Wildman–Crippen MR) is 279 cm³/mol. The van der Waals surface area contributed by atoms with Crippen LogP contribution in [0.4, 0.5) is 0 Å². The monoisotopic (exact) mass is 885 g/mol. The molecule has 362 valence electrons. The van der Waals surface area contributed by atoms with Gasteiger partial charge in [0, 0.05) is 19.4 Å². The molecule has 0 aromatic heterocycles. The van der Waals surface area contributed by atoms with Gasteiger partial charge in [0.05, 0.1) is 6.61 Å². The molecule has 0 bridgehead atoms. The molecular formula is C59H96O5. The van der Waals surface area contributed by atoms with Gasteiger partial charge in [-0.05, 0) is 103 Å². The number of allylic oxidation sites excluding steroid dienone is 20. The highest BCUT2D eigenvalue weighted by molar-refractivity contribution is 5.70. The average Bonchev–Trinajstić information content (AvgIpc) is 3.30. The van der Waals surface area contributed by atoms with Crippen LogP contribution in [0.2, 0.25) is 0 Å². The Hall–Kier alpha value is -3.70. The van der Waals surface area contributed by atoms with E-state index in [4.69, 9.17) is 14.2 Å². The van der Waals surface area contributed by atoms with Crippen LogP contribution in [0.25, 0.3) is 0 Å². The standard InChI is InChI=1S/C59H96O5/c1-4-7-10-13-16-19-22-25-27-29-31-33-36-39-42-45-48-51-54-62-55-57(64-59(61)53-50-47-44-41-38-34-24-21-18-15-12-9-6-3)56-63-58(60)52-49-46-43-40-37-35-32-30-28-26-23-20-17-14-11-8-5-2/h7-8,10-11,16-17,19-20,25-28,31-33,35,39-40,42-43,57H,4-6,9,12-15,18,21-24,29-30,34,36-38,41,44-56H2,1-3H3/b10-7-,11-8-,19-16-,20-17-,27-25-,28-26-,33-31-,35-32-,42-39-,43-40-. The molecular weight excluding hydrogens is 789 g/mol. The Morgan fingerprint density at radius 2 is 0.719 bits per heavy atom. The van der Waals surface area contributed by atoms with E-state index in [-0.39, 0.29) is 25.2 Å². The Bertz CT molecular complexity index is 1320. The third-order valence-electron chi connectivity index (χ3n) is 10.5. The number of ether oxygens (including phenoxy) is 3. The smallest absolute Gasteiger partial charge is 0.306 e. The fraction of sp³-hybridized carbons (Fsp3) is 0.627. The van der Waals surface area contributed by atoms with Gasteiger partial charge in [0.25, 0.3) is 0 Å². The molecule has 0 saturated carbocycles. The first-order valence-electron chi connectivity index (χ1n) is 26.1. The predicted octanol–water partition coefficient (Wildman–Crippen LogP) is 17.8. The molecule has 0 amide bonds. The van der Waals surface area contributed by atoms with E-state index in [0.29, 0.717) is 19.4 Å². The molecule has 5 nitrogen and oxygen atoms in total. The Labute approximate surface area is 395 Å². The maximum absolute atomic E-state index is 12.8. The second-order valence-electron chi connectivity index (χ2n) is 16.7. The summed E-state index contributed by atoms with van der Waals surface area (Å²) in [6, 6.07) is 0. The zero-order chi connectivity index (χ0) is 46.3. The highest BCUT2D eigenvalue weighted by Crippen LogP contribution is 2.14. The maximum Gasteiger partial charge on any atom is 0.306 e. The van der Waals surface area contributed by atoms with Crippen molar-refractivity contribution in [2.45, 2.75) is 219 Å². The first-order chi connectivity index (χ1) is 31.6. The summed E-state index contributed by atoms with van der Waals surface area (Å²) in [6.07, 6.45) is 75.0. The summed E-state index contributed by atoms with van der Waals surface area (Å²) < 4.78 is 17.3. The van der Waals surface area contributed by atoms with Gasteiger partial charge in [-0.2, -0.15) is 0 Å². The van der Waals surface area contributed by atoms with Crippen molar-refractivity contribution in [3.8, 4) is 0 Å². The molecule has 5 heteroatoms. The molecule has 0 aromatic carbocycles. The fourth-order valence-corrected chi connectivity index (χ4v) is 6.69. The minimum absolute atomic E-state index is 0.0326. The zero-order valence-electron chi connectivity index (χ0n) is 41.5. The van der Waals surface area contributed by atoms with Crippen LogP contribution >= 0.6 is 0 Å². The summed E-state index contributed by atoms with van der Waals surface area (Å²) in [7, 11) is 0. The van der Waals surface area contributed by atoms with Crippen LogP contribution in [0.3, 0.4) is 0 Å². The molecule has 0 radical (unpaired) electrons. The molecule has 1 atom stereocenters. The van der Waals surface area contributed by atoms with E-state index in [2.05, 4.69) is 142 Å². The minimum Gasteiger partial charge on any atom is -0.462 e. The van der Waals surface area contributed by atoms with Gasteiger partial charge in [0.2, 0.25) is 0 Å². The number of hydrogen-bond acceptors (Lipinski definition) is 5. The van der Waals surface area contributed by atoms with Gasteiger partial charge in [-0.25, -0.2) is 0 Å². The first kappa shape index (κ1) is 60.3. The van der Waals surface area contributed by atoms with Crippen LogP contribution in [0, 0.1) is 0 Å². The van der Waals surface area contributed by atoms with Crippen LogP contribution in [0.15, 0.2) is 122 Å². The maximum atomic E-state index is 12.8. The molecule has 0 rings (SSSR count). The third-order valence-corrected chi connectivity index (χ3v) is 10.5. The molecule has 0 fully saturated rings. The van der Waals surface area contributed by atoms with E-state index in [0.717, 1.165) is 116 Å². The number of carbonyl (C=O) groups excluding carboxylic acids is 2. The lowest BCUT2D eigenvalue weighted by Gasteiger charge is -2.18. The van der Waals surface area contributed by atoms with E-state index in [1.165, 1.54) is 64.2 Å². The van der Waals surface area contributed by atoms with Gasteiger partial charge in [-0.3, -0.25) is 9.59 Å². The Balaban J connectivity index is 4.46. The topological polar surface area (TPSA) is 61.8 Å². The van der Waals surface area contributed by atoms with Crippen molar-refractivity contribution >= 4 is 11.9 Å². The van der Waals surface area contributed by atoms with E-state index in [1.807, 2.05) is 0 Å². The number of carbonyl (C=O) groups is 2. The second-order valence-corrected chi connectivity index (χ2v) is 16.7. The van der Waals surface area contributed by atoms with Crippen LogP contribution in [0.1, 0.15) is 213 Å². The van der Waals surface area contributed by atoms with E-state index in [9.17, 15) is 9.59 Å². The largest absolute Gasteiger partial charge is 0.462 e. The summed E-state index contributed by atoms with van der Waals surface area (Å²) >= 11 is 0. The molecule has 0 spiro atoms. The molecule has 0 aliphatic rings. The van der Waals surface area contributed by atoms with Gasteiger partial charge >= 0.3 is 11.9 Å². The highest BCUT2D eigenvalue weighted by atomic mass is 16.6. The van der Waals surface area contributed by atoms with E-state index < -0.39 is 6.10 Å². The normalized spacial score (nSPS) is 13.2. The lowest BCUT2D eigenvalue weighted by Crippen LogP contribution is -2.30. The van der Waals surface area contributed by atoms with Crippen molar-refractivity contribution in [3.63, 3.8) is 0 Å². The number of esters is 2. The average molecular weight is 885 g/mol. The lowest BCUT2D eigenvalue weighted by atomic mass is 10.0. The zero-order valence-corrected chi connectivity index (χ0v) is 41.5. The minimum atomic E-state index is -0.588. The Morgan fingerprint density at radius 3 is 1.14 bits per heavy atom. The van der Waals surface area contributed by atoms with E-state index in [1.54, 1.807) is 0 Å². The first-order valence-corrected chi connectivity index (χ1v) is 26.1. The van der Waals surface area contributed by atoms with Crippen LogP contribution in [0.5, 0.6) is 0 Å². The second kappa shape index (κ2) is 53.6. The Morgan fingerprint density at radius 1 is 0.359 bits per heavy atom. The van der Waals surface area contributed by atoms with Crippen LogP contribution in [-0.4, -0.2) is 37.9 Å². The fourth-order valence-electron chi connectivity index (χ4n) is 6.69.